The van der Waals surface area contributed by atoms with E-state index in [-0.39, 0.29) is 21.9 Å². The van der Waals surface area contributed by atoms with Crippen molar-refractivity contribution in [3.63, 3.8) is 0 Å². The van der Waals surface area contributed by atoms with E-state index >= 15 is 0 Å². The quantitative estimate of drug-likeness (QED) is 0.680. The van der Waals surface area contributed by atoms with Crippen LogP contribution in [0.2, 0.25) is 0 Å². The summed E-state index contributed by atoms with van der Waals surface area (Å²) in [6, 6.07) is 16.1. The summed E-state index contributed by atoms with van der Waals surface area (Å²) in [6.07, 6.45) is 0. The first-order valence-electron chi connectivity index (χ1n) is 8.21. The highest BCUT2D eigenvalue weighted by atomic mass is 32.2. The smallest absolute Gasteiger partial charge is 0.259 e. The number of halogens is 1. The molecular formula is C20H17FN2O4S. The first-order chi connectivity index (χ1) is 13.2. The molecule has 0 unspecified atom stereocenters. The Labute approximate surface area is 161 Å². The SMILES string of the molecule is Cc1ccc(Oc2ccc(F)cc2)c(C(=O)Nc2cccc(S(N)(=O)=O)c2)c1. The number of ether oxygens (including phenoxy) is 1. The van der Waals surface area contributed by atoms with Gasteiger partial charge in [-0.2, -0.15) is 0 Å². The number of hydrogen-bond donors (Lipinski definition) is 2. The van der Waals surface area contributed by atoms with Crippen molar-refractivity contribution >= 4 is 21.6 Å². The van der Waals surface area contributed by atoms with Gasteiger partial charge in [-0.05, 0) is 61.5 Å². The van der Waals surface area contributed by atoms with Crippen LogP contribution < -0.4 is 15.2 Å². The van der Waals surface area contributed by atoms with Crippen LogP contribution in [0.4, 0.5) is 10.1 Å². The maximum atomic E-state index is 13.1. The van der Waals surface area contributed by atoms with Crippen molar-refractivity contribution in [2.45, 2.75) is 11.8 Å². The largest absolute Gasteiger partial charge is 0.457 e. The number of nitrogens with two attached hydrogens (primary N) is 1. The van der Waals surface area contributed by atoms with Crippen LogP contribution in [0.1, 0.15) is 15.9 Å². The standard InChI is InChI=1S/C20H17FN2O4S/c1-13-5-10-19(27-16-8-6-14(21)7-9-16)18(11-13)20(24)23-15-3-2-4-17(12-15)28(22,25)26/h2-12H,1H3,(H,23,24)(H2,22,25,26). The van der Waals surface area contributed by atoms with Crippen LogP contribution in [0, 0.1) is 12.7 Å². The maximum Gasteiger partial charge on any atom is 0.259 e. The van der Waals surface area contributed by atoms with Crippen molar-refractivity contribution in [1.82, 2.24) is 0 Å². The highest BCUT2D eigenvalue weighted by Gasteiger charge is 2.15. The van der Waals surface area contributed by atoms with Crippen molar-refractivity contribution < 1.29 is 22.3 Å². The molecule has 3 rings (SSSR count). The molecule has 0 bridgehead atoms. The molecule has 0 saturated carbocycles. The summed E-state index contributed by atoms with van der Waals surface area (Å²) in [5, 5.41) is 7.76. The molecule has 28 heavy (non-hydrogen) atoms. The Bertz CT molecular complexity index is 1130. The van der Waals surface area contributed by atoms with Gasteiger partial charge in [-0.25, -0.2) is 17.9 Å². The normalized spacial score (nSPS) is 11.1. The summed E-state index contributed by atoms with van der Waals surface area (Å²) in [7, 11) is -3.89. The average Bonchev–Trinajstić information content (AvgIpc) is 2.64. The van der Waals surface area contributed by atoms with Crippen LogP contribution in [0.25, 0.3) is 0 Å². The van der Waals surface area contributed by atoms with E-state index in [9.17, 15) is 17.6 Å². The van der Waals surface area contributed by atoms with Gasteiger partial charge in [0.2, 0.25) is 10.0 Å². The summed E-state index contributed by atoms with van der Waals surface area (Å²) < 4.78 is 41.8. The fourth-order valence-corrected chi connectivity index (χ4v) is 3.05. The minimum atomic E-state index is -3.89. The van der Waals surface area contributed by atoms with Crippen LogP contribution in [0.15, 0.2) is 71.6 Å². The number of amides is 1. The molecule has 0 aliphatic carbocycles. The second-order valence-electron chi connectivity index (χ2n) is 6.08. The molecule has 1 amide bonds. The van der Waals surface area contributed by atoms with Gasteiger partial charge >= 0.3 is 0 Å². The highest BCUT2D eigenvalue weighted by Crippen LogP contribution is 2.27. The zero-order valence-corrected chi connectivity index (χ0v) is 15.7. The topological polar surface area (TPSA) is 98.5 Å². The van der Waals surface area contributed by atoms with E-state index in [1.165, 1.54) is 42.5 Å². The van der Waals surface area contributed by atoms with Crippen LogP contribution in [0.3, 0.4) is 0 Å². The van der Waals surface area contributed by atoms with Gasteiger partial charge in [0.25, 0.3) is 5.91 Å². The molecule has 3 aromatic rings. The molecule has 0 aromatic heterocycles. The third-order valence-electron chi connectivity index (χ3n) is 3.84. The monoisotopic (exact) mass is 400 g/mol. The molecule has 3 N–H and O–H groups in total. The molecular weight excluding hydrogens is 383 g/mol. The molecule has 0 aliphatic heterocycles. The Morgan fingerprint density at radius 1 is 1.04 bits per heavy atom. The summed E-state index contributed by atoms with van der Waals surface area (Å²) in [5.74, 6) is -0.246. The van der Waals surface area contributed by atoms with E-state index in [4.69, 9.17) is 9.88 Å². The van der Waals surface area contributed by atoms with E-state index in [0.717, 1.165) is 5.56 Å². The number of aryl methyl sites for hydroxylation is 1. The van der Waals surface area contributed by atoms with E-state index in [1.54, 1.807) is 24.3 Å². The van der Waals surface area contributed by atoms with Crippen LogP contribution in [-0.2, 0) is 10.0 Å². The summed E-state index contributed by atoms with van der Waals surface area (Å²) >= 11 is 0. The molecule has 0 spiro atoms. The number of benzene rings is 3. The first-order valence-corrected chi connectivity index (χ1v) is 9.75. The Balaban J connectivity index is 1.89. The molecule has 0 radical (unpaired) electrons. The zero-order valence-electron chi connectivity index (χ0n) is 14.8. The number of nitrogens with one attached hydrogen (secondary N) is 1. The number of hydrogen-bond acceptors (Lipinski definition) is 4. The third-order valence-corrected chi connectivity index (χ3v) is 4.75. The second kappa shape index (κ2) is 7.79. The lowest BCUT2D eigenvalue weighted by Gasteiger charge is -2.13. The Morgan fingerprint density at radius 2 is 1.75 bits per heavy atom. The van der Waals surface area contributed by atoms with Gasteiger partial charge < -0.3 is 10.1 Å². The fourth-order valence-electron chi connectivity index (χ4n) is 2.49. The number of anilines is 1. The minimum absolute atomic E-state index is 0.114. The number of rotatable bonds is 5. The number of carbonyl (C=O) groups excluding carboxylic acids is 1. The number of primary sulfonamides is 1. The van der Waals surface area contributed by atoms with Crippen LogP contribution in [-0.4, -0.2) is 14.3 Å². The van der Waals surface area contributed by atoms with Crippen molar-refractivity contribution in [1.29, 1.82) is 0 Å². The summed E-state index contributed by atoms with van der Waals surface area (Å²) in [5.41, 5.74) is 1.34. The van der Waals surface area contributed by atoms with Gasteiger partial charge in [-0.1, -0.05) is 17.7 Å². The van der Waals surface area contributed by atoms with Crippen LogP contribution >= 0.6 is 0 Å². The molecule has 3 aromatic carbocycles. The van der Waals surface area contributed by atoms with Crippen molar-refractivity contribution in [3.05, 3.63) is 83.7 Å². The lowest BCUT2D eigenvalue weighted by molar-refractivity contribution is 0.102. The molecule has 8 heteroatoms. The van der Waals surface area contributed by atoms with Gasteiger partial charge in [0, 0.05) is 5.69 Å². The lowest BCUT2D eigenvalue weighted by atomic mass is 10.1. The number of sulfonamides is 1. The molecule has 0 saturated heterocycles. The molecule has 0 fully saturated rings. The Kier molecular flexibility index (Phi) is 5.43. The Hall–Kier alpha value is -3.23. The van der Waals surface area contributed by atoms with E-state index in [0.29, 0.717) is 5.75 Å². The van der Waals surface area contributed by atoms with E-state index < -0.39 is 21.7 Å². The molecule has 0 heterocycles. The molecule has 144 valence electrons. The first kappa shape index (κ1) is 19.5. The summed E-state index contributed by atoms with van der Waals surface area (Å²) in [4.78, 5) is 12.6. The van der Waals surface area contributed by atoms with E-state index in [1.807, 2.05) is 6.92 Å². The predicted octanol–water partition coefficient (Wildman–Crippen LogP) is 3.83. The molecule has 0 aliphatic rings. The summed E-state index contributed by atoms with van der Waals surface area (Å²) in [6.45, 7) is 1.82. The fraction of sp³-hybridized carbons (Fsp3) is 0.0500. The van der Waals surface area contributed by atoms with Gasteiger partial charge in [0.15, 0.2) is 0 Å². The highest BCUT2D eigenvalue weighted by molar-refractivity contribution is 7.89. The van der Waals surface area contributed by atoms with Gasteiger partial charge in [-0.15, -0.1) is 0 Å². The van der Waals surface area contributed by atoms with Gasteiger partial charge in [0.05, 0.1) is 10.5 Å². The minimum Gasteiger partial charge on any atom is -0.457 e. The van der Waals surface area contributed by atoms with E-state index in [2.05, 4.69) is 5.32 Å². The molecule has 6 nitrogen and oxygen atoms in total. The van der Waals surface area contributed by atoms with Gasteiger partial charge in [-0.3, -0.25) is 4.79 Å². The second-order valence-corrected chi connectivity index (χ2v) is 7.64. The average molecular weight is 400 g/mol. The van der Waals surface area contributed by atoms with Crippen molar-refractivity contribution in [3.8, 4) is 11.5 Å². The maximum absolute atomic E-state index is 13.1. The molecule has 0 atom stereocenters. The predicted molar refractivity (Wildman–Crippen MR) is 103 cm³/mol. The zero-order chi connectivity index (χ0) is 20.3. The van der Waals surface area contributed by atoms with Crippen molar-refractivity contribution in [2.75, 3.05) is 5.32 Å². The Morgan fingerprint density at radius 3 is 2.43 bits per heavy atom. The van der Waals surface area contributed by atoms with Crippen LogP contribution in [0.5, 0.6) is 11.5 Å². The lowest BCUT2D eigenvalue weighted by Crippen LogP contribution is -2.15. The number of carbonyl (C=O) groups is 1. The van der Waals surface area contributed by atoms with Gasteiger partial charge in [0.1, 0.15) is 17.3 Å². The third kappa shape index (κ3) is 4.73. The van der Waals surface area contributed by atoms with Crippen molar-refractivity contribution in [2.24, 2.45) is 5.14 Å².